The molecule has 0 aliphatic heterocycles. The number of aromatic nitrogens is 2. The first kappa shape index (κ1) is 15.3. The first-order valence-corrected chi connectivity index (χ1v) is 7.48. The van der Waals surface area contributed by atoms with Crippen LogP contribution in [-0.2, 0) is 17.9 Å². The summed E-state index contributed by atoms with van der Waals surface area (Å²) in [4.78, 5) is 18.1. The Kier molecular flexibility index (Phi) is 5.14. The first-order valence-electron chi connectivity index (χ1n) is 7.48. The van der Waals surface area contributed by atoms with Crippen LogP contribution in [0.1, 0.15) is 37.2 Å². The van der Waals surface area contributed by atoms with E-state index in [4.69, 9.17) is 0 Å². The molecule has 0 atom stereocenters. The molecule has 1 aromatic carbocycles. The summed E-state index contributed by atoms with van der Waals surface area (Å²) in [6, 6.07) is 8.35. The van der Waals surface area contributed by atoms with Gasteiger partial charge in [-0.1, -0.05) is 31.2 Å². The van der Waals surface area contributed by atoms with E-state index in [0.29, 0.717) is 19.5 Å². The highest BCUT2D eigenvalue weighted by molar-refractivity contribution is 5.75. The van der Waals surface area contributed by atoms with E-state index in [1.165, 1.54) is 11.1 Å². The van der Waals surface area contributed by atoms with Gasteiger partial charge in [0.15, 0.2) is 0 Å². The van der Waals surface area contributed by atoms with Gasteiger partial charge in [-0.15, -0.1) is 0 Å². The van der Waals surface area contributed by atoms with Crippen molar-refractivity contribution in [3.8, 4) is 0 Å². The van der Waals surface area contributed by atoms with Gasteiger partial charge in [0, 0.05) is 31.9 Å². The Morgan fingerprint density at radius 1 is 1.29 bits per heavy atom. The van der Waals surface area contributed by atoms with Crippen LogP contribution in [0.2, 0.25) is 0 Å². The summed E-state index contributed by atoms with van der Waals surface area (Å²) in [7, 11) is 0. The Hall–Kier alpha value is -2.10. The number of carbonyl (C=O) groups excluding carboxylic acids is 1. The standard InChI is InChI=1S/C17H23N3O/c1-4-17(21)19(5-2)13-16-18-10-11-20(16)12-15-9-7-6-8-14(15)3/h6-11H,4-5,12-13H2,1-3H3. The molecule has 1 aromatic heterocycles. The van der Waals surface area contributed by atoms with Crippen molar-refractivity contribution < 1.29 is 4.79 Å². The Bertz CT molecular complexity index is 604. The molecule has 4 nitrogen and oxygen atoms in total. The zero-order valence-electron chi connectivity index (χ0n) is 13.0. The predicted molar refractivity (Wildman–Crippen MR) is 83.9 cm³/mol. The quantitative estimate of drug-likeness (QED) is 0.818. The van der Waals surface area contributed by atoms with Crippen LogP contribution in [0.3, 0.4) is 0 Å². The Morgan fingerprint density at radius 3 is 2.71 bits per heavy atom. The monoisotopic (exact) mass is 285 g/mol. The van der Waals surface area contributed by atoms with E-state index in [0.717, 1.165) is 12.4 Å². The van der Waals surface area contributed by atoms with Gasteiger partial charge >= 0.3 is 0 Å². The summed E-state index contributed by atoms with van der Waals surface area (Å²) >= 11 is 0. The fourth-order valence-electron chi connectivity index (χ4n) is 2.38. The average molecular weight is 285 g/mol. The van der Waals surface area contributed by atoms with Gasteiger partial charge in [0.05, 0.1) is 6.54 Å². The van der Waals surface area contributed by atoms with Gasteiger partial charge in [0.2, 0.25) is 5.91 Å². The van der Waals surface area contributed by atoms with Crippen molar-refractivity contribution in [3.63, 3.8) is 0 Å². The Labute approximate surface area is 126 Å². The van der Waals surface area contributed by atoms with Crippen molar-refractivity contribution in [1.82, 2.24) is 14.5 Å². The van der Waals surface area contributed by atoms with Crippen molar-refractivity contribution in [2.24, 2.45) is 0 Å². The minimum absolute atomic E-state index is 0.169. The van der Waals surface area contributed by atoms with E-state index in [9.17, 15) is 4.79 Å². The molecule has 2 rings (SSSR count). The van der Waals surface area contributed by atoms with Crippen LogP contribution in [0, 0.1) is 6.92 Å². The van der Waals surface area contributed by atoms with Crippen LogP contribution in [0.4, 0.5) is 0 Å². The van der Waals surface area contributed by atoms with Gasteiger partial charge in [-0.2, -0.15) is 0 Å². The molecular formula is C17H23N3O. The molecule has 1 amide bonds. The number of benzene rings is 1. The molecule has 0 radical (unpaired) electrons. The minimum Gasteiger partial charge on any atom is -0.336 e. The third kappa shape index (κ3) is 3.72. The second-order valence-electron chi connectivity index (χ2n) is 5.16. The maximum absolute atomic E-state index is 11.9. The molecule has 0 spiro atoms. The number of hydrogen-bond acceptors (Lipinski definition) is 2. The lowest BCUT2D eigenvalue weighted by molar-refractivity contribution is -0.131. The molecule has 21 heavy (non-hydrogen) atoms. The molecule has 112 valence electrons. The third-order valence-corrected chi connectivity index (χ3v) is 3.77. The molecule has 0 saturated carbocycles. The predicted octanol–water partition coefficient (Wildman–Crippen LogP) is 3.00. The molecular weight excluding hydrogens is 262 g/mol. The lowest BCUT2D eigenvalue weighted by atomic mass is 10.1. The van der Waals surface area contributed by atoms with Gasteiger partial charge in [-0.3, -0.25) is 4.79 Å². The van der Waals surface area contributed by atoms with Crippen molar-refractivity contribution in [1.29, 1.82) is 0 Å². The zero-order valence-corrected chi connectivity index (χ0v) is 13.0. The zero-order chi connectivity index (χ0) is 15.2. The highest BCUT2D eigenvalue weighted by Gasteiger charge is 2.13. The van der Waals surface area contributed by atoms with Crippen LogP contribution in [0.15, 0.2) is 36.7 Å². The van der Waals surface area contributed by atoms with Crippen LogP contribution >= 0.6 is 0 Å². The van der Waals surface area contributed by atoms with Crippen molar-refractivity contribution >= 4 is 5.91 Å². The number of carbonyl (C=O) groups is 1. The summed E-state index contributed by atoms with van der Waals surface area (Å²) in [5.41, 5.74) is 2.55. The molecule has 1 heterocycles. The van der Waals surface area contributed by atoms with Crippen LogP contribution in [-0.4, -0.2) is 26.9 Å². The van der Waals surface area contributed by atoms with Crippen LogP contribution < -0.4 is 0 Å². The molecule has 0 unspecified atom stereocenters. The van der Waals surface area contributed by atoms with Crippen LogP contribution in [0.5, 0.6) is 0 Å². The van der Waals surface area contributed by atoms with E-state index in [1.54, 1.807) is 6.20 Å². The SMILES string of the molecule is CCC(=O)N(CC)Cc1nccn1Cc1ccccc1C. The van der Waals surface area contributed by atoms with Crippen molar-refractivity contribution in [2.75, 3.05) is 6.54 Å². The molecule has 0 bridgehead atoms. The van der Waals surface area contributed by atoms with E-state index >= 15 is 0 Å². The molecule has 0 N–H and O–H groups in total. The van der Waals surface area contributed by atoms with Gasteiger partial charge < -0.3 is 9.47 Å². The molecule has 2 aromatic rings. The second-order valence-corrected chi connectivity index (χ2v) is 5.16. The molecule has 0 fully saturated rings. The highest BCUT2D eigenvalue weighted by atomic mass is 16.2. The summed E-state index contributed by atoms with van der Waals surface area (Å²) in [5, 5.41) is 0. The smallest absolute Gasteiger partial charge is 0.222 e. The Morgan fingerprint density at radius 2 is 2.05 bits per heavy atom. The fourth-order valence-corrected chi connectivity index (χ4v) is 2.38. The number of imidazole rings is 1. The molecule has 0 aliphatic carbocycles. The lowest BCUT2D eigenvalue weighted by Gasteiger charge is -2.20. The van der Waals surface area contributed by atoms with Crippen LogP contribution in [0.25, 0.3) is 0 Å². The van der Waals surface area contributed by atoms with Gasteiger partial charge in [0.1, 0.15) is 5.82 Å². The van der Waals surface area contributed by atoms with E-state index < -0.39 is 0 Å². The van der Waals surface area contributed by atoms with Crippen molar-refractivity contribution in [2.45, 2.75) is 40.3 Å². The van der Waals surface area contributed by atoms with Gasteiger partial charge in [0.25, 0.3) is 0 Å². The second kappa shape index (κ2) is 7.07. The third-order valence-electron chi connectivity index (χ3n) is 3.77. The first-order chi connectivity index (χ1) is 10.2. The number of rotatable bonds is 6. The normalized spacial score (nSPS) is 10.6. The maximum Gasteiger partial charge on any atom is 0.222 e. The lowest BCUT2D eigenvalue weighted by Crippen LogP contribution is -2.30. The number of aryl methyl sites for hydroxylation is 1. The molecule has 4 heteroatoms. The van der Waals surface area contributed by atoms with E-state index in [-0.39, 0.29) is 5.91 Å². The molecule has 0 saturated heterocycles. The number of hydrogen-bond donors (Lipinski definition) is 0. The summed E-state index contributed by atoms with van der Waals surface area (Å²) in [5.74, 6) is 1.10. The minimum atomic E-state index is 0.169. The summed E-state index contributed by atoms with van der Waals surface area (Å²) in [6.07, 6.45) is 4.32. The van der Waals surface area contributed by atoms with Crippen molar-refractivity contribution in [3.05, 3.63) is 53.6 Å². The largest absolute Gasteiger partial charge is 0.336 e. The fraction of sp³-hybridized carbons (Fsp3) is 0.412. The highest BCUT2D eigenvalue weighted by Crippen LogP contribution is 2.12. The maximum atomic E-state index is 11.9. The number of amides is 1. The summed E-state index contributed by atoms with van der Waals surface area (Å²) in [6.45, 7) is 8.09. The van der Waals surface area contributed by atoms with Gasteiger partial charge in [-0.25, -0.2) is 4.98 Å². The average Bonchev–Trinajstić information content (AvgIpc) is 2.93. The Balaban J connectivity index is 2.15. The topological polar surface area (TPSA) is 38.1 Å². The summed E-state index contributed by atoms with van der Waals surface area (Å²) < 4.78 is 2.12. The number of nitrogens with zero attached hydrogens (tertiary/aromatic N) is 3. The molecule has 0 aliphatic rings. The van der Waals surface area contributed by atoms with E-state index in [1.807, 2.05) is 31.0 Å². The van der Waals surface area contributed by atoms with E-state index in [2.05, 4.69) is 34.7 Å². The van der Waals surface area contributed by atoms with Gasteiger partial charge in [-0.05, 0) is 25.0 Å².